The van der Waals surface area contributed by atoms with E-state index < -0.39 is 0 Å². The third kappa shape index (κ3) is 1.97. The maximum absolute atomic E-state index is 10.8. The van der Waals surface area contributed by atoms with Crippen molar-refractivity contribution in [2.45, 2.75) is 25.7 Å². The van der Waals surface area contributed by atoms with Crippen molar-refractivity contribution in [3.05, 3.63) is 47.5 Å². The fourth-order valence-corrected chi connectivity index (χ4v) is 4.08. The number of methoxy groups -OCH3 is 1. The Kier molecular flexibility index (Phi) is 3.19. The first kappa shape index (κ1) is 15.2. The molecular weight excluding hydrogens is 330 g/mol. The van der Waals surface area contributed by atoms with Gasteiger partial charge < -0.3 is 19.4 Å². The summed E-state index contributed by atoms with van der Waals surface area (Å²) in [4.78, 5) is 0. The molecule has 2 aromatic heterocycles. The van der Waals surface area contributed by atoms with Crippen molar-refractivity contribution in [2.24, 2.45) is 0 Å². The first-order valence-corrected chi connectivity index (χ1v) is 8.83. The molecule has 1 aliphatic carbocycles. The fraction of sp³-hybridized carbons (Fsp3) is 0.238. The number of rotatable bonds is 2. The van der Waals surface area contributed by atoms with E-state index in [1.807, 2.05) is 36.4 Å². The molecule has 0 unspecified atom stereocenters. The zero-order valence-electron chi connectivity index (χ0n) is 14.5. The predicted octanol–water partition coefficient (Wildman–Crippen LogP) is 4.68. The molecule has 2 heterocycles. The summed E-state index contributed by atoms with van der Waals surface area (Å²) in [7, 11) is 1.59. The summed E-state index contributed by atoms with van der Waals surface area (Å²) in [6.07, 6.45) is 3.58. The van der Waals surface area contributed by atoms with Gasteiger partial charge in [-0.15, -0.1) is 0 Å². The minimum absolute atomic E-state index is 0.0889. The summed E-state index contributed by atoms with van der Waals surface area (Å²) in [6, 6.07) is 11.5. The molecule has 0 atom stereocenters. The number of ether oxygens (including phenoxy) is 1. The van der Waals surface area contributed by atoms with E-state index >= 15 is 0 Å². The number of aromatic hydroxyl groups is 2. The van der Waals surface area contributed by atoms with Crippen molar-refractivity contribution in [1.29, 1.82) is 0 Å². The molecule has 2 N–H and O–H groups in total. The Bertz CT molecular complexity index is 1120. The van der Waals surface area contributed by atoms with Crippen LogP contribution in [0.2, 0.25) is 0 Å². The summed E-state index contributed by atoms with van der Waals surface area (Å²) in [5.41, 5.74) is 3.72. The molecule has 5 heteroatoms. The quantitative estimate of drug-likeness (QED) is 0.551. The van der Waals surface area contributed by atoms with E-state index in [1.54, 1.807) is 7.11 Å². The molecule has 0 saturated heterocycles. The summed E-state index contributed by atoms with van der Waals surface area (Å²) >= 11 is 0. The van der Waals surface area contributed by atoms with Gasteiger partial charge in [0.1, 0.15) is 16.9 Å². The van der Waals surface area contributed by atoms with Crippen molar-refractivity contribution in [2.75, 3.05) is 7.11 Å². The van der Waals surface area contributed by atoms with E-state index in [1.165, 1.54) is 4.57 Å². The highest BCUT2D eigenvalue weighted by Gasteiger charge is 2.27. The molecule has 132 valence electrons. The third-order valence-electron chi connectivity index (χ3n) is 5.35. The molecule has 0 fully saturated rings. The molecule has 0 spiro atoms. The van der Waals surface area contributed by atoms with Gasteiger partial charge in [-0.25, -0.2) is 4.57 Å². The van der Waals surface area contributed by atoms with Crippen LogP contribution >= 0.6 is 0 Å². The van der Waals surface area contributed by atoms with Crippen molar-refractivity contribution in [3.8, 4) is 23.2 Å². The highest BCUT2D eigenvalue weighted by atomic mass is 16.5. The van der Waals surface area contributed by atoms with Crippen LogP contribution in [0.4, 0.5) is 0 Å². The van der Waals surface area contributed by atoms with Gasteiger partial charge in [-0.05, 0) is 37.8 Å². The fourth-order valence-electron chi connectivity index (χ4n) is 4.08. The lowest BCUT2D eigenvalue weighted by Gasteiger charge is -2.12. The average Bonchev–Trinajstić information content (AvgIpc) is 3.16. The van der Waals surface area contributed by atoms with Gasteiger partial charge in [0, 0.05) is 28.0 Å². The van der Waals surface area contributed by atoms with E-state index in [-0.39, 0.29) is 11.8 Å². The van der Waals surface area contributed by atoms with Gasteiger partial charge in [0.05, 0.1) is 12.8 Å². The first-order valence-electron chi connectivity index (χ1n) is 8.83. The van der Waals surface area contributed by atoms with Crippen LogP contribution in [0.1, 0.15) is 24.0 Å². The highest BCUT2D eigenvalue weighted by Crippen LogP contribution is 2.44. The van der Waals surface area contributed by atoms with E-state index in [0.29, 0.717) is 17.0 Å². The molecule has 2 aromatic carbocycles. The van der Waals surface area contributed by atoms with Crippen LogP contribution in [-0.2, 0) is 12.8 Å². The van der Waals surface area contributed by atoms with Crippen LogP contribution in [-0.4, -0.2) is 21.9 Å². The number of furan rings is 1. The average molecular weight is 349 g/mol. The Morgan fingerprint density at radius 3 is 2.31 bits per heavy atom. The molecule has 0 amide bonds. The molecular formula is C21H19NO4. The van der Waals surface area contributed by atoms with Gasteiger partial charge in [-0.2, -0.15) is 0 Å². The van der Waals surface area contributed by atoms with Gasteiger partial charge in [0.2, 0.25) is 11.8 Å². The monoisotopic (exact) mass is 349 g/mol. The van der Waals surface area contributed by atoms with Gasteiger partial charge in [-0.3, -0.25) is 0 Å². The summed E-state index contributed by atoms with van der Waals surface area (Å²) in [6.45, 7) is 0. The number of benzene rings is 2. The molecule has 0 aliphatic heterocycles. The minimum atomic E-state index is 0.0889. The lowest BCUT2D eigenvalue weighted by molar-refractivity contribution is 0.385. The van der Waals surface area contributed by atoms with Crippen LogP contribution in [0.3, 0.4) is 0 Å². The van der Waals surface area contributed by atoms with E-state index in [4.69, 9.17) is 9.15 Å². The maximum atomic E-state index is 10.8. The van der Waals surface area contributed by atoms with Gasteiger partial charge in [0.15, 0.2) is 0 Å². The second-order valence-electron chi connectivity index (χ2n) is 6.77. The lowest BCUT2D eigenvalue weighted by atomic mass is 9.95. The number of nitrogens with zero attached hydrogens (tertiary/aromatic N) is 1. The molecule has 5 nitrogen and oxygen atoms in total. The van der Waals surface area contributed by atoms with Crippen LogP contribution in [0, 0.1) is 0 Å². The number of para-hydroxylation sites is 1. The zero-order chi connectivity index (χ0) is 17.8. The molecule has 0 radical (unpaired) electrons. The van der Waals surface area contributed by atoms with Crippen LogP contribution in [0.15, 0.2) is 40.8 Å². The molecule has 0 saturated carbocycles. The molecule has 5 rings (SSSR count). The van der Waals surface area contributed by atoms with Crippen molar-refractivity contribution >= 4 is 21.9 Å². The number of hydrogen-bond donors (Lipinski definition) is 2. The number of fused-ring (bicyclic) bond motifs is 4. The van der Waals surface area contributed by atoms with Gasteiger partial charge in [-0.1, -0.05) is 18.2 Å². The Hall–Kier alpha value is -3.08. The predicted molar refractivity (Wildman–Crippen MR) is 99.6 cm³/mol. The van der Waals surface area contributed by atoms with Crippen LogP contribution < -0.4 is 4.74 Å². The smallest absolute Gasteiger partial charge is 0.202 e. The molecule has 1 aliphatic rings. The molecule has 26 heavy (non-hydrogen) atoms. The van der Waals surface area contributed by atoms with Crippen LogP contribution in [0.5, 0.6) is 17.5 Å². The minimum Gasteiger partial charge on any atom is -0.495 e. The number of aromatic nitrogens is 1. The Morgan fingerprint density at radius 1 is 0.923 bits per heavy atom. The third-order valence-corrected chi connectivity index (χ3v) is 5.35. The van der Waals surface area contributed by atoms with Crippen molar-refractivity contribution in [3.63, 3.8) is 0 Å². The summed E-state index contributed by atoms with van der Waals surface area (Å²) in [5.74, 6) is 0.749. The molecule has 0 bridgehead atoms. The lowest BCUT2D eigenvalue weighted by Crippen LogP contribution is -1.98. The van der Waals surface area contributed by atoms with E-state index in [0.717, 1.165) is 53.2 Å². The van der Waals surface area contributed by atoms with Gasteiger partial charge in [0.25, 0.3) is 0 Å². The maximum Gasteiger partial charge on any atom is 0.202 e. The summed E-state index contributed by atoms with van der Waals surface area (Å²) < 4.78 is 13.0. The normalized spacial score (nSPS) is 14.0. The van der Waals surface area contributed by atoms with E-state index in [2.05, 4.69) is 0 Å². The van der Waals surface area contributed by atoms with Crippen molar-refractivity contribution < 1.29 is 19.4 Å². The second kappa shape index (κ2) is 5.46. The van der Waals surface area contributed by atoms with Gasteiger partial charge >= 0.3 is 0 Å². The van der Waals surface area contributed by atoms with E-state index in [9.17, 15) is 10.2 Å². The largest absolute Gasteiger partial charge is 0.495 e. The topological polar surface area (TPSA) is 67.8 Å². The Morgan fingerprint density at radius 2 is 1.62 bits per heavy atom. The molecule has 4 aromatic rings. The second-order valence-corrected chi connectivity index (χ2v) is 6.77. The Balaban J connectivity index is 1.82. The standard InChI is InChI=1S/C21H19NO4/c1-25-19-10-15-12-6-4-5-9-17(12)26-18(15)11-16(19)22-20(23)13-7-2-3-8-14(13)21(22)24/h4-6,9-11,23-24H,2-3,7-8H2,1H3. The summed E-state index contributed by atoms with van der Waals surface area (Å²) in [5, 5.41) is 23.5. The highest BCUT2D eigenvalue weighted by molar-refractivity contribution is 6.06. The van der Waals surface area contributed by atoms with Crippen LogP contribution in [0.25, 0.3) is 27.6 Å². The zero-order valence-corrected chi connectivity index (χ0v) is 14.5. The first-order chi connectivity index (χ1) is 12.7. The van der Waals surface area contributed by atoms with Crippen molar-refractivity contribution in [1.82, 2.24) is 4.57 Å². The Labute approximate surface area is 150 Å². The number of hydrogen-bond acceptors (Lipinski definition) is 4. The SMILES string of the molecule is COc1cc2c(cc1-n1c(O)c3c(c1O)CCCC3)oc1ccccc12.